The molecule has 0 aliphatic rings. The summed E-state index contributed by atoms with van der Waals surface area (Å²) in [6, 6.07) is 2.06. The Labute approximate surface area is 130 Å². The fraction of sp³-hybridized carbons (Fsp3) is 0.375. The Hall–Kier alpha value is -1.88. The topological polar surface area (TPSA) is 50.7 Å². The Morgan fingerprint density at radius 2 is 2.24 bits per heavy atom. The van der Waals surface area contributed by atoms with Crippen molar-refractivity contribution in [2.24, 2.45) is 4.99 Å². The van der Waals surface area contributed by atoms with Crippen LogP contribution in [0.4, 0.5) is 5.00 Å². The first-order valence-corrected chi connectivity index (χ1v) is 7.64. The Kier molecular flexibility index (Phi) is 6.88. The number of nitrogens with one attached hydrogen (secondary N) is 1. The van der Waals surface area contributed by atoms with Crippen LogP contribution < -0.4 is 5.32 Å². The quantitative estimate of drug-likeness (QED) is 0.609. The van der Waals surface area contributed by atoms with Crippen LogP contribution in [0.3, 0.4) is 0 Å². The lowest BCUT2D eigenvalue weighted by molar-refractivity contribution is -0.142. The number of rotatable bonds is 7. The molecule has 0 amide bonds. The van der Waals surface area contributed by atoms with Gasteiger partial charge in [0.2, 0.25) is 0 Å². The number of hydrogen-bond donors (Lipinski definition) is 1. The lowest BCUT2D eigenvalue weighted by Crippen LogP contribution is -2.01. The molecule has 1 N–H and O–H groups in total. The highest BCUT2D eigenvalue weighted by Gasteiger charge is 2.11. The number of carbonyl (C=O) groups is 1. The number of thiophene rings is 1. The van der Waals surface area contributed by atoms with Crippen LogP contribution >= 0.6 is 11.3 Å². The highest BCUT2D eigenvalue weighted by atomic mass is 32.1. The summed E-state index contributed by atoms with van der Waals surface area (Å²) in [5, 5.41) is 4.21. The minimum absolute atomic E-state index is 0.239. The summed E-state index contributed by atoms with van der Waals surface area (Å²) in [6.07, 6.45) is 3.59. The molecule has 0 unspecified atom stereocenters. The van der Waals surface area contributed by atoms with E-state index in [0.29, 0.717) is 6.61 Å². The number of carbonyl (C=O) groups excluding carboxylic acids is 1. The molecule has 0 fully saturated rings. The molecule has 114 valence electrons. The zero-order chi connectivity index (χ0) is 15.8. The monoisotopic (exact) mass is 306 g/mol. The molecular formula is C16H22N2O2S. The molecule has 0 aliphatic heterocycles. The summed E-state index contributed by atoms with van der Waals surface area (Å²) in [7, 11) is 1.89. The van der Waals surface area contributed by atoms with Crippen LogP contribution in [0.1, 0.15) is 37.6 Å². The van der Waals surface area contributed by atoms with Crippen LogP contribution in [-0.4, -0.2) is 25.3 Å². The lowest BCUT2D eigenvalue weighted by Gasteiger charge is -2.01. The van der Waals surface area contributed by atoms with Gasteiger partial charge >= 0.3 is 5.97 Å². The summed E-state index contributed by atoms with van der Waals surface area (Å²) in [5.74, 6) is -0.239. The first kappa shape index (κ1) is 17.2. The molecule has 21 heavy (non-hydrogen) atoms. The van der Waals surface area contributed by atoms with E-state index < -0.39 is 0 Å². The second-order valence-corrected chi connectivity index (χ2v) is 5.54. The van der Waals surface area contributed by atoms with Crippen LogP contribution in [0.15, 0.2) is 29.9 Å². The summed E-state index contributed by atoms with van der Waals surface area (Å²) in [4.78, 5) is 16.7. The van der Waals surface area contributed by atoms with E-state index in [1.54, 1.807) is 30.5 Å². The fourth-order valence-corrected chi connectivity index (χ4v) is 2.69. The van der Waals surface area contributed by atoms with E-state index in [9.17, 15) is 4.79 Å². The van der Waals surface area contributed by atoms with E-state index >= 15 is 0 Å². The molecule has 1 aromatic rings. The highest BCUT2D eigenvalue weighted by molar-refractivity contribution is 7.17. The summed E-state index contributed by atoms with van der Waals surface area (Å²) in [6.45, 7) is 10.1. The van der Waals surface area contributed by atoms with Gasteiger partial charge in [0, 0.05) is 29.4 Å². The Bertz CT molecular complexity index is 571. The molecule has 5 heteroatoms. The van der Waals surface area contributed by atoms with E-state index in [2.05, 4.69) is 23.0 Å². The van der Waals surface area contributed by atoms with Crippen LogP contribution in [0.25, 0.3) is 5.57 Å². The van der Waals surface area contributed by atoms with Gasteiger partial charge < -0.3 is 10.1 Å². The van der Waals surface area contributed by atoms with Gasteiger partial charge in [-0.25, -0.2) is 0 Å². The summed E-state index contributed by atoms with van der Waals surface area (Å²) >= 11 is 1.66. The van der Waals surface area contributed by atoms with E-state index in [4.69, 9.17) is 4.74 Å². The molecule has 0 spiro atoms. The summed E-state index contributed by atoms with van der Waals surface area (Å²) in [5.41, 5.74) is 2.98. The van der Waals surface area contributed by atoms with Gasteiger partial charge in [-0.1, -0.05) is 12.7 Å². The maximum absolute atomic E-state index is 11.2. The molecule has 1 rings (SSSR count). The van der Waals surface area contributed by atoms with Crippen molar-refractivity contribution in [1.82, 2.24) is 0 Å². The SMILES string of the molecule is C=C(C)c1sc(NC)cc1C(C)=N/C=C\CC(=O)OCC. The van der Waals surface area contributed by atoms with Gasteiger partial charge in [0.05, 0.1) is 18.0 Å². The van der Waals surface area contributed by atoms with Gasteiger partial charge in [0.25, 0.3) is 0 Å². The minimum Gasteiger partial charge on any atom is -0.466 e. The molecule has 0 radical (unpaired) electrons. The Balaban J connectivity index is 2.82. The molecule has 0 aliphatic carbocycles. The third kappa shape index (κ3) is 5.19. The van der Waals surface area contributed by atoms with Crippen molar-refractivity contribution in [2.75, 3.05) is 19.0 Å². The number of aliphatic imine (C=N–C) groups is 1. The van der Waals surface area contributed by atoms with Gasteiger partial charge in [0.15, 0.2) is 0 Å². The van der Waals surface area contributed by atoms with Crippen molar-refractivity contribution in [3.05, 3.63) is 35.4 Å². The van der Waals surface area contributed by atoms with Gasteiger partial charge in [-0.2, -0.15) is 0 Å². The summed E-state index contributed by atoms with van der Waals surface area (Å²) < 4.78 is 4.85. The maximum Gasteiger partial charge on any atom is 0.309 e. The first-order valence-electron chi connectivity index (χ1n) is 6.82. The lowest BCUT2D eigenvalue weighted by atomic mass is 10.1. The molecular weight excluding hydrogens is 284 g/mol. The second-order valence-electron chi connectivity index (χ2n) is 4.49. The molecule has 4 nitrogen and oxygen atoms in total. The van der Waals surface area contributed by atoms with E-state index in [1.165, 1.54) is 0 Å². The van der Waals surface area contributed by atoms with E-state index in [1.807, 2.05) is 20.9 Å². The van der Waals surface area contributed by atoms with Crippen molar-refractivity contribution in [2.45, 2.75) is 27.2 Å². The van der Waals surface area contributed by atoms with Crippen LogP contribution in [0, 0.1) is 0 Å². The Morgan fingerprint density at radius 3 is 2.81 bits per heavy atom. The highest BCUT2D eigenvalue weighted by Crippen LogP contribution is 2.32. The van der Waals surface area contributed by atoms with Crippen LogP contribution in [0.2, 0.25) is 0 Å². The number of ether oxygens (including phenoxy) is 1. The molecule has 0 atom stereocenters. The van der Waals surface area contributed by atoms with Crippen LogP contribution in [-0.2, 0) is 9.53 Å². The second kappa shape index (κ2) is 8.42. The maximum atomic E-state index is 11.2. The standard InChI is InChI=1S/C16H22N2O2S/c1-6-20-15(19)8-7-9-18-12(4)13-10-14(17-5)21-16(13)11(2)3/h7,9-10,17H,2,6,8H2,1,3-5H3/b9-7-,18-12?. The largest absolute Gasteiger partial charge is 0.466 e. The van der Waals surface area contributed by atoms with Crippen molar-refractivity contribution in [3.8, 4) is 0 Å². The average molecular weight is 306 g/mol. The number of hydrogen-bond acceptors (Lipinski definition) is 5. The zero-order valence-corrected chi connectivity index (χ0v) is 13.8. The fourth-order valence-electron chi connectivity index (χ4n) is 1.70. The number of anilines is 1. The number of esters is 1. The van der Waals surface area contributed by atoms with E-state index in [-0.39, 0.29) is 12.4 Å². The van der Waals surface area contributed by atoms with Crippen molar-refractivity contribution < 1.29 is 9.53 Å². The molecule has 0 saturated carbocycles. The molecule has 0 saturated heterocycles. The minimum atomic E-state index is -0.239. The van der Waals surface area contributed by atoms with Crippen molar-refractivity contribution in [1.29, 1.82) is 0 Å². The molecule has 0 aromatic carbocycles. The Morgan fingerprint density at radius 1 is 1.52 bits per heavy atom. The van der Waals surface area contributed by atoms with E-state index in [0.717, 1.165) is 26.7 Å². The predicted molar refractivity (Wildman–Crippen MR) is 91.2 cm³/mol. The third-order valence-electron chi connectivity index (χ3n) is 2.72. The number of nitrogens with zero attached hydrogens (tertiary/aromatic N) is 1. The first-order chi connectivity index (χ1) is 9.99. The smallest absolute Gasteiger partial charge is 0.309 e. The normalized spacial score (nSPS) is 11.7. The van der Waals surface area contributed by atoms with Crippen LogP contribution in [0.5, 0.6) is 0 Å². The van der Waals surface area contributed by atoms with Crippen molar-refractivity contribution >= 4 is 33.6 Å². The molecule has 0 bridgehead atoms. The zero-order valence-electron chi connectivity index (χ0n) is 13.0. The number of allylic oxidation sites excluding steroid dienone is 1. The third-order valence-corrected chi connectivity index (χ3v) is 4.03. The van der Waals surface area contributed by atoms with Gasteiger partial charge in [-0.3, -0.25) is 9.79 Å². The van der Waals surface area contributed by atoms with Gasteiger partial charge in [-0.05, 0) is 32.4 Å². The van der Waals surface area contributed by atoms with Crippen molar-refractivity contribution in [3.63, 3.8) is 0 Å². The molecule has 1 aromatic heterocycles. The predicted octanol–water partition coefficient (Wildman–Crippen LogP) is 4.10. The van der Waals surface area contributed by atoms with Gasteiger partial charge in [-0.15, -0.1) is 11.3 Å². The molecule has 1 heterocycles. The van der Waals surface area contributed by atoms with Gasteiger partial charge in [0.1, 0.15) is 0 Å². The average Bonchev–Trinajstić information content (AvgIpc) is 2.88.